The molecule has 3 heteroatoms. The minimum absolute atomic E-state index is 0.165. The van der Waals surface area contributed by atoms with Gasteiger partial charge >= 0.3 is 5.97 Å². The molecule has 0 aromatic heterocycles. The Balaban J connectivity index is 4.04. The highest BCUT2D eigenvalue weighted by Crippen LogP contribution is 2.27. The van der Waals surface area contributed by atoms with E-state index in [1.807, 2.05) is 20.8 Å². The van der Waals surface area contributed by atoms with Crippen LogP contribution in [0.25, 0.3) is 0 Å². The summed E-state index contributed by atoms with van der Waals surface area (Å²) in [7, 11) is 0. The molecule has 0 bridgehead atoms. The van der Waals surface area contributed by atoms with Crippen molar-refractivity contribution in [3.8, 4) is 0 Å². The monoisotopic (exact) mass is 218 g/mol. The van der Waals surface area contributed by atoms with Gasteiger partial charge in [-0.2, -0.15) is 0 Å². The highest BCUT2D eigenvalue weighted by Gasteiger charge is 2.31. The zero-order valence-electron chi connectivity index (χ0n) is 10.5. The van der Waals surface area contributed by atoms with Crippen LogP contribution < -0.4 is 0 Å². The van der Waals surface area contributed by atoms with Gasteiger partial charge in [0, 0.05) is 6.42 Å². The zero-order chi connectivity index (χ0) is 12.1. The van der Waals surface area contributed by atoms with Crippen LogP contribution in [0.4, 0.5) is 4.39 Å². The highest BCUT2D eigenvalue weighted by atomic mass is 19.1. The first-order valence-corrected chi connectivity index (χ1v) is 5.61. The van der Waals surface area contributed by atoms with Gasteiger partial charge in [-0.05, 0) is 33.6 Å². The summed E-state index contributed by atoms with van der Waals surface area (Å²) in [5.41, 5.74) is -1.68. The van der Waals surface area contributed by atoms with Gasteiger partial charge in [0.25, 0.3) is 0 Å². The summed E-state index contributed by atoms with van der Waals surface area (Å²) in [4.78, 5) is 11.7. The highest BCUT2D eigenvalue weighted by molar-refractivity contribution is 5.76. The third-order valence-corrected chi connectivity index (χ3v) is 2.98. The molecule has 0 aliphatic rings. The number of ether oxygens (including phenoxy) is 1. The van der Waals surface area contributed by atoms with E-state index in [9.17, 15) is 9.18 Å². The van der Waals surface area contributed by atoms with E-state index < -0.39 is 11.1 Å². The topological polar surface area (TPSA) is 26.3 Å². The van der Waals surface area contributed by atoms with Crippen LogP contribution in [0, 0.1) is 5.41 Å². The molecule has 90 valence electrons. The number of halogens is 1. The number of carbonyl (C=O) groups is 1. The fraction of sp³-hybridized carbons (Fsp3) is 0.917. The molecule has 0 unspecified atom stereocenters. The van der Waals surface area contributed by atoms with Crippen LogP contribution >= 0.6 is 0 Å². The van der Waals surface area contributed by atoms with Gasteiger partial charge < -0.3 is 4.74 Å². The Morgan fingerprint density at radius 1 is 1.20 bits per heavy atom. The van der Waals surface area contributed by atoms with Crippen molar-refractivity contribution >= 4 is 5.97 Å². The average molecular weight is 218 g/mol. The number of carbonyl (C=O) groups excluding carboxylic acids is 1. The Bertz CT molecular complexity index is 202. The van der Waals surface area contributed by atoms with Crippen molar-refractivity contribution in [1.29, 1.82) is 0 Å². The van der Waals surface area contributed by atoms with Crippen molar-refractivity contribution in [3.63, 3.8) is 0 Å². The lowest BCUT2D eigenvalue weighted by Crippen LogP contribution is -2.29. The molecule has 0 radical (unpaired) electrons. The van der Waals surface area contributed by atoms with Gasteiger partial charge in [0.1, 0.15) is 5.67 Å². The van der Waals surface area contributed by atoms with Gasteiger partial charge in [0.05, 0.1) is 12.0 Å². The number of alkyl halides is 1. The quantitative estimate of drug-likeness (QED) is 0.638. The molecule has 0 N–H and O–H groups in total. The maximum Gasteiger partial charge on any atom is 0.311 e. The fourth-order valence-electron chi connectivity index (χ4n) is 1.10. The molecule has 0 saturated carbocycles. The van der Waals surface area contributed by atoms with Crippen molar-refractivity contribution in [3.05, 3.63) is 0 Å². The van der Waals surface area contributed by atoms with Gasteiger partial charge in [-0.1, -0.05) is 13.8 Å². The van der Waals surface area contributed by atoms with Gasteiger partial charge in [-0.25, -0.2) is 4.39 Å². The molecular weight excluding hydrogens is 195 g/mol. The smallest absolute Gasteiger partial charge is 0.311 e. The second-order valence-corrected chi connectivity index (χ2v) is 4.87. The molecule has 0 heterocycles. The van der Waals surface area contributed by atoms with Crippen molar-refractivity contribution in [2.45, 2.75) is 59.5 Å². The van der Waals surface area contributed by atoms with E-state index in [0.29, 0.717) is 0 Å². The first-order chi connectivity index (χ1) is 6.75. The van der Waals surface area contributed by atoms with Crippen LogP contribution in [0.1, 0.15) is 53.9 Å². The third kappa shape index (κ3) is 5.14. The van der Waals surface area contributed by atoms with Crippen molar-refractivity contribution in [2.75, 3.05) is 6.61 Å². The van der Waals surface area contributed by atoms with Crippen molar-refractivity contribution in [2.24, 2.45) is 5.41 Å². The van der Waals surface area contributed by atoms with E-state index in [4.69, 9.17) is 4.74 Å². The van der Waals surface area contributed by atoms with Crippen LogP contribution in [0.3, 0.4) is 0 Å². The molecule has 0 aliphatic heterocycles. The summed E-state index contributed by atoms with van der Waals surface area (Å²) in [6.07, 6.45) is 1.75. The zero-order valence-corrected chi connectivity index (χ0v) is 10.5. The molecule has 0 fully saturated rings. The molecular formula is C12H23FO2. The number of esters is 1. The van der Waals surface area contributed by atoms with Gasteiger partial charge in [-0.15, -0.1) is 0 Å². The van der Waals surface area contributed by atoms with Crippen LogP contribution in [0.15, 0.2) is 0 Å². The predicted molar refractivity (Wildman–Crippen MR) is 59.5 cm³/mol. The van der Waals surface area contributed by atoms with Crippen LogP contribution in [0.2, 0.25) is 0 Å². The molecule has 0 aromatic carbocycles. The molecule has 0 spiro atoms. The summed E-state index contributed by atoms with van der Waals surface area (Å²) in [5.74, 6) is -0.211. The second kappa shape index (κ2) is 5.47. The van der Waals surface area contributed by atoms with E-state index in [1.165, 1.54) is 13.8 Å². The Morgan fingerprint density at radius 2 is 1.67 bits per heavy atom. The molecule has 0 amide bonds. The summed E-state index contributed by atoms with van der Waals surface area (Å²) in [5, 5.41) is 0. The molecule has 0 aromatic rings. The van der Waals surface area contributed by atoms with Crippen LogP contribution in [0.5, 0.6) is 0 Å². The first kappa shape index (κ1) is 14.4. The molecule has 0 rings (SSSR count). The Morgan fingerprint density at radius 3 is 2.00 bits per heavy atom. The van der Waals surface area contributed by atoms with E-state index in [1.54, 1.807) is 0 Å². The summed E-state index contributed by atoms with van der Waals surface area (Å²) in [6, 6.07) is 0. The largest absolute Gasteiger partial charge is 0.465 e. The van der Waals surface area contributed by atoms with E-state index in [0.717, 1.165) is 12.8 Å². The lowest BCUT2D eigenvalue weighted by molar-refractivity contribution is -0.156. The fourth-order valence-corrected chi connectivity index (χ4v) is 1.10. The normalized spacial score (nSPS) is 12.7. The van der Waals surface area contributed by atoms with Gasteiger partial charge in [-0.3, -0.25) is 4.79 Å². The number of hydrogen-bond acceptors (Lipinski definition) is 2. The predicted octanol–water partition coefficient (Wildman–Crippen LogP) is 3.49. The Kier molecular flexibility index (Phi) is 5.26. The van der Waals surface area contributed by atoms with E-state index >= 15 is 0 Å². The first-order valence-electron chi connectivity index (χ1n) is 5.61. The van der Waals surface area contributed by atoms with Gasteiger partial charge in [0.2, 0.25) is 0 Å². The Hall–Kier alpha value is -0.600. The van der Waals surface area contributed by atoms with Crippen LogP contribution in [-0.2, 0) is 9.53 Å². The van der Waals surface area contributed by atoms with E-state index in [2.05, 4.69) is 0 Å². The number of rotatable bonds is 6. The standard InChI is InChI=1S/C12H23FO2/c1-6-12(5,7-2)10(14)15-9-8-11(3,4)13/h6-9H2,1-5H3. The lowest BCUT2D eigenvalue weighted by Gasteiger charge is -2.24. The van der Waals surface area contributed by atoms with Crippen LogP contribution in [-0.4, -0.2) is 18.2 Å². The van der Waals surface area contributed by atoms with Crippen molar-refractivity contribution in [1.82, 2.24) is 0 Å². The second-order valence-electron chi connectivity index (χ2n) is 4.87. The average Bonchev–Trinajstić information content (AvgIpc) is 2.14. The van der Waals surface area contributed by atoms with Crippen molar-refractivity contribution < 1.29 is 13.9 Å². The summed E-state index contributed by atoms with van der Waals surface area (Å²) in [6.45, 7) is 8.95. The molecule has 15 heavy (non-hydrogen) atoms. The van der Waals surface area contributed by atoms with Gasteiger partial charge in [0.15, 0.2) is 0 Å². The SMILES string of the molecule is CCC(C)(CC)C(=O)OCCC(C)(C)F. The molecule has 2 nitrogen and oxygen atoms in total. The lowest BCUT2D eigenvalue weighted by atomic mass is 9.85. The molecule has 0 atom stereocenters. The third-order valence-electron chi connectivity index (χ3n) is 2.98. The summed E-state index contributed by atoms with van der Waals surface area (Å²) >= 11 is 0. The van der Waals surface area contributed by atoms with E-state index in [-0.39, 0.29) is 19.0 Å². The molecule has 0 aliphatic carbocycles. The number of hydrogen-bond donors (Lipinski definition) is 0. The maximum atomic E-state index is 13.1. The molecule has 0 saturated heterocycles. The maximum absolute atomic E-state index is 13.1. The Labute approximate surface area is 92.2 Å². The summed E-state index contributed by atoms with van der Waals surface area (Å²) < 4.78 is 18.2. The minimum atomic E-state index is -1.27. The minimum Gasteiger partial charge on any atom is -0.465 e.